The van der Waals surface area contributed by atoms with Gasteiger partial charge in [0.1, 0.15) is 17.5 Å². The van der Waals surface area contributed by atoms with Gasteiger partial charge in [-0.3, -0.25) is 20.6 Å². The van der Waals surface area contributed by atoms with E-state index in [1.807, 2.05) is 0 Å². The van der Waals surface area contributed by atoms with E-state index in [2.05, 4.69) is 21.2 Å². The highest BCUT2D eigenvalue weighted by Gasteiger charge is 2.30. The van der Waals surface area contributed by atoms with E-state index in [4.69, 9.17) is 4.74 Å². The Balaban J connectivity index is 2.61. The van der Waals surface area contributed by atoms with Crippen LogP contribution in [0.4, 0.5) is 4.79 Å². The number of nitrogens with one attached hydrogen (secondary N) is 3. The van der Waals surface area contributed by atoms with Gasteiger partial charge in [-0.15, -0.1) is 0 Å². The summed E-state index contributed by atoms with van der Waals surface area (Å²) in [7, 11) is 0. The minimum Gasteiger partial charge on any atom is -0.480 e. The molecule has 4 N–H and O–H groups in total. The Hall–Kier alpha value is -2.32. The average Bonchev–Trinajstić information content (AvgIpc) is 2.80. The monoisotopic (exact) mass is 314 g/mol. The van der Waals surface area contributed by atoms with Crippen molar-refractivity contribution in [3.05, 3.63) is 0 Å². The summed E-state index contributed by atoms with van der Waals surface area (Å²) in [6.45, 7) is 5.61. The van der Waals surface area contributed by atoms with Gasteiger partial charge in [-0.05, 0) is 33.6 Å². The number of rotatable bonds is 6. The van der Waals surface area contributed by atoms with Gasteiger partial charge in [0.2, 0.25) is 6.41 Å². The first kappa shape index (κ1) is 17.7. The number of carbonyl (C=O) groups is 3. The predicted molar refractivity (Wildman–Crippen MR) is 78.2 cm³/mol. The zero-order chi connectivity index (χ0) is 16.8. The molecule has 2 amide bonds. The van der Waals surface area contributed by atoms with Crippen molar-refractivity contribution >= 4 is 24.3 Å². The predicted octanol–water partition coefficient (Wildman–Crippen LogP) is 0.0234. The maximum absolute atomic E-state index is 11.7. The molecule has 2 atom stereocenters. The van der Waals surface area contributed by atoms with Crippen LogP contribution in [0.3, 0.4) is 0 Å². The first-order valence-corrected chi connectivity index (χ1v) is 6.95. The third-order valence-electron chi connectivity index (χ3n) is 2.91. The van der Waals surface area contributed by atoms with Crippen molar-refractivity contribution in [3.63, 3.8) is 0 Å². The Kier molecular flexibility index (Phi) is 6.14. The minimum absolute atomic E-state index is 0.154. The molecular formula is C13H22N4O5. The van der Waals surface area contributed by atoms with Gasteiger partial charge in [-0.1, -0.05) is 0 Å². The number of ether oxygens (including phenoxy) is 1. The highest BCUT2D eigenvalue weighted by molar-refractivity contribution is 5.88. The van der Waals surface area contributed by atoms with Crippen molar-refractivity contribution < 1.29 is 24.2 Å². The summed E-state index contributed by atoms with van der Waals surface area (Å²) in [5.41, 5.74) is 4.18. The van der Waals surface area contributed by atoms with Crippen molar-refractivity contribution in [2.45, 2.75) is 45.3 Å². The molecule has 1 rings (SSSR count). The van der Waals surface area contributed by atoms with E-state index in [9.17, 15) is 19.5 Å². The van der Waals surface area contributed by atoms with Crippen molar-refractivity contribution in [3.8, 4) is 0 Å². The zero-order valence-corrected chi connectivity index (χ0v) is 12.9. The van der Waals surface area contributed by atoms with Crippen LogP contribution in [-0.4, -0.2) is 47.6 Å². The molecule has 0 fully saturated rings. The molecule has 0 saturated heterocycles. The van der Waals surface area contributed by atoms with Crippen molar-refractivity contribution in [1.29, 1.82) is 0 Å². The van der Waals surface area contributed by atoms with E-state index in [1.54, 1.807) is 20.8 Å². The van der Waals surface area contributed by atoms with Crippen LogP contribution in [-0.2, 0) is 14.3 Å². The quantitative estimate of drug-likeness (QED) is 0.404. The first-order valence-electron chi connectivity index (χ1n) is 6.95. The van der Waals surface area contributed by atoms with Crippen LogP contribution in [0, 0.1) is 5.92 Å². The van der Waals surface area contributed by atoms with Gasteiger partial charge in [0.15, 0.2) is 0 Å². The molecule has 9 nitrogen and oxygen atoms in total. The number of nitrogens with zero attached hydrogens (tertiary/aromatic N) is 1. The fraction of sp³-hybridized carbons (Fsp3) is 0.692. The number of aliphatic carboxylic acids is 1. The number of hydrogen-bond donors (Lipinski definition) is 4. The Labute approximate surface area is 128 Å². The molecule has 0 aromatic carbocycles. The maximum Gasteiger partial charge on any atom is 0.408 e. The van der Waals surface area contributed by atoms with Crippen LogP contribution in [0.25, 0.3) is 0 Å². The van der Waals surface area contributed by atoms with Crippen LogP contribution in [0.2, 0.25) is 0 Å². The minimum atomic E-state index is -1.15. The van der Waals surface area contributed by atoms with Crippen molar-refractivity contribution in [2.24, 2.45) is 10.9 Å². The number of carboxylic acids is 1. The molecule has 1 aliphatic heterocycles. The second kappa shape index (κ2) is 7.62. The molecule has 1 heterocycles. The van der Waals surface area contributed by atoms with Crippen LogP contribution < -0.4 is 16.2 Å². The largest absolute Gasteiger partial charge is 0.480 e. The van der Waals surface area contributed by atoms with Crippen LogP contribution in [0.15, 0.2) is 4.99 Å². The lowest BCUT2D eigenvalue weighted by Gasteiger charge is -2.23. The number of carboxylic acid groups (broad SMARTS) is 1. The van der Waals surface area contributed by atoms with Gasteiger partial charge < -0.3 is 15.2 Å². The number of hydrazine groups is 1. The number of alkyl carbamates (subject to hydrolysis) is 1. The van der Waals surface area contributed by atoms with Gasteiger partial charge in [0.25, 0.3) is 0 Å². The molecule has 0 aromatic heterocycles. The highest BCUT2D eigenvalue weighted by atomic mass is 16.6. The Morgan fingerprint density at radius 3 is 2.73 bits per heavy atom. The standard InChI is InChI=1S/C13H22N4O5/c1-13(2,3)22-12(21)16-9(11(19)20)6-8-4-5-14-10(8)17-15-7-18/h7-9H,4-6H2,1-3H3,(H,14,17)(H,15,18)(H,16,21)(H,19,20)/t8-,9?/m0/s1. The summed E-state index contributed by atoms with van der Waals surface area (Å²) < 4.78 is 5.06. The highest BCUT2D eigenvalue weighted by Crippen LogP contribution is 2.19. The number of hydrogen-bond acceptors (Lipinski definition) is 6. The lowest BCUT2D eigenvalue weighted by Crippen LogP contribution is -2.46. The second-order valence-corrected chi connectivity index (χ2v) is 5.91. The first-order chi connectivity index (χ1) is 10.2. The summed E-state index contributed by atoms with van der Waals surface area (Å²) in [6.07, 6.45) is 0.477. The normalized spacial score (nSPS) is 18.9. The molecule has 0 bridgehead atoms. The molecule has 0 aromatic rings. The molecule has 9 heteroatoms. The molecule has 0 spiro atoms. The lowest BCUT2D eigenvalue weighted by molar-refractivity contribution is -0.139. The molecular weight excluding hydrogens is 292 g/mol. The summed E-state index contributed by atoms with van der Waals surface area (Å²) >= 11 is 0. The topological polar surface area (TPSA) is 129 Å². The number of carbonyl (C=O) groups excluding carboxylic acids is 2. The number of amidine groups is 1. The van der Waals surface area contributed by atoms with Crippen LogP contribution >= 0.6 is 0 Å². The number of aliphatic imine (C=N–C) groups is 1. The summed E-state index contributed by atoms with van der Waals surface area (Å²) in [5.74, 6) is -0.840. The summed E-state index contributed by atoms with van der Waals surface area (Å²) in [6, 6.07) is -1.10. The van der Waals surface area contributed by atoms with Crippen molar-refractivity contribution in [1.82, 2.24) is 16.2 Å². The van der Waals surface area contributed by atoms with Gasteiger partial charge in [0, 0.05) is 12.5 Å². The lowest BCUT2D eigenvalue weighted by atomic mass is 9.97. The van der Waals surface area contributed by atoms with E-state index >= 15 is 0 Å². The molecule has 0 radical (unpaired) electrons. The molecule has 0 aliphatic carbocycles. The van der Waals surface area contributed by atoms with Crippen LogP contribution in [0.1, 0.15) is 33.6 Å². The Bertz CT molecular complexity index is 458. The molecule has 1 unspecified atom stereocenters. The molecule has 0 saturated carbocycles. The molecule has 22 heavy (non-hydrogen) atoms. The Morgan fingerprint density at radius 1 is 1.50 bits per heavy atom. The van der Waals surface area contributed by atoms with Crippen LogP contribution in [0.5, 0.6) is 0 Å². The molecule has 1 aliphatic rings. The van der Waals surface area contributed by atoms with Gasteiger partial charge in [-0.25, -0.2) is 9.59 Å². The summed E-state index contributed by atoms with van der Waals surface area (Å²) in [5, 5.41) is 11.6. The number of amides is 2. The SMILES string of the molecule is CC(C)(C)OC(=O)NC(C[C@@H]1CCN=C1NNC=O)C(=O)O. The van der Waals surface area contributed by atoms with E-state index in [-0.39, 0.29) is 12.3 Å². The molecule has 124 valence electrons. The smallest absolute Gasteiger partial charge is 0.408 e. The van der Waals surface area contributed by atoms with E-state index in [0.29, 0.717) is 25.2 Å². The van der Waals surface area contributed by atoms with Gasteiger partial charge in [0.05, 0.1) is 0 Å². The van der Waals surface area contributed by atoms with Crippen molar-refractivity contribution in [2.75, 3.05) is 6.54 Å². The second-order valence-electron chi connectivity index (χ2n) is 5.91. The fourth-order valence-corrected chi connectivity index (χ4v) is 2.04. The van der Waals surface area contributed by atoms with E-state index in [0.717, 1.165) is 0 Å². The third-order valence-corrected chi connectivity index (χ3v) is 2.91. The third kappa shape index (κ3) is 5.98. The Morgan fingerprint density at radius 2 is 2.18 bits per heavy atom. The maximum atomic E-state index is 11.7. The van der Waals surface area contributed by atoms with Gasteiger partial charge >= 0.3 is 12.1 Å². The fourth-order valence-electron chi connectivity index (χ4n) is 2.04. The zero-order valence-electron chi connectivity index (χ0n) is 12.9. The summed E-state index contributed by atoms with van der Waals surface area (Å²) in [4.78, 5) is 37.4. The van der Waals surface area contributed by atoms with Gasteiger partial charge in [-0.2, -0.15) is 0 Å². The van der Waals surface area contributed by atoms with E-state index in [1.165, 1.54) is 0 Å². The average molecular weight is 314 g/mol. The van der Waals surface area contributed by atoms with E-state index < -0.39 is 23.7 Å².